The molecule has 6 nitrogen and oxygen atoms in total. The van der Waals surface area contributed by atoms with Gasteiger partial charge in [0, 0.05) is 51.7 Å². The molecule has 0 radical (unpaired) electrons. The Labute approximate surface area is 180 Å². The first-order chi connectivity index (χ1) is 12.6. The number of nitrogens with zero attached hydrogens (tertiary/aromatic N) is 4. The number of hydrogen-bond donors (Lipinski definition) is 2. The number of para-hydroxylation sites is 1. The average Bonchev–Trinajstić information content (AvgIpc) is 2.98. The van der Waals surface area contributed by atoms with Crippen LogP contribution in [0.2, 0.25) is 0 Å². The van der Waals surface area contributed by atoms with Crippen LogP contribution >= 0.6 is 24.0 Å². The van der Waals surface area contributed by atoms with Crippen molar-refractivity contribution in [3.8, 4) is 0 Å². The van der Waals surface area contributed by atoms with Crippen molar-refractivity contribution in [2.45, 2.75) is 33.2 Å². The molecule has 1 heterocycles. The SMILES string of the molecule is CN=C(NCCCN(C)c1ccccc1)NCCCn1nc(C)cc1C.I. The standard InChI is InChI=1S/C20H32N6.HI/c1-17-16-18(2)26(24-17)15-9-13-23-20(21-3)22-12-8-14-25(4)19-10-6-5-7-11-19;/h5-7,10-11,16H,8-9,12-15H2,1-4H3,(H2,21,22,23);1H. The van der Waals surface area contributed by atoms with E-state index >= 15 is 0 Å². The van der Waals surface area contributed by atoms with Crippen molar-refractivity contribution >= 4 is 35.6 Å². The van der Waals surface area contributed by atoms with Gasteiger partial charge in [0.2, 0.25) is 0 Å². The van der Waals surface area contributed by atoms with Crippen molar-refractivity contribution in [1.82, 2.24) is 20.4 Å². The van der Waals surface area contributed by atoms with Gasteiger partial charge in [-0.2, -0.15) is 5.10 Å². The predicted octanol–water partition coefficient (Wildman–Crippen LogP) is 3.20. The quantitative estimate of drug-likeness (QED) is 0.249. The fraction of sp³-hybridized carbons (Fsp3) is 0.500. The predicted molar refractivity (Wildman–Crippen MR) is 125 cm³/mol. The molecule has 0 bridgehead atoms. The molecular weight excluding hydrogens is 451 g/mol. The third kappa shape index (κ3) is 8.19. The van der Waals surface area contributed by atoms with E-state index in [2.05, 4.69) is 74.6 Å². The van der Waals surface area contributed by atoms with Crippen LogP contribution in [0.25, 0.3) is 0 Å². The highest BCUT2D eigenvalue weighted by Gasteiger charge is 2.02. The van der Waals surface area contributed by atoms with E-state index in [9.17, 15) is 0 Å². The molecule has 0 unspecified atom stereocenters. The van der Waals surface area contributed by atoms with Gasteiger partial charge in [0.15, 0.2) is 5.96 Å². The lowest BCUT2D eigenvalue weighted by Crippen LogP contribution is -2.39. The maximum absolute atomic E-state index is 4.49. The molecule has 0 saturated carbocycles. The monoisotopic (exact) mass is 484 g/mol. The molecule has 0 aliphatic heterocycles. The topological polar surface area (TPSA) is 57.5 Å². The van der Waals surface area contributed by atoms with E-state index < -0.39 is 0 Å². The smallest absolute Gasteiger partial charge is 0.190 e. The zero-order valence-corrected chi connectivity index (χ0v) is 19.2. The maximum atomic E-state index is 4.49. The summed E-state index contributed by atoms with van der Waals surface area (Å²) in [6, 6.07) is 12.6. The fourth-order valence-corrected chi connectivity index (χ4v) is 2.89. The molecule has 27 heavy (non-hydrogen) atoms. The summed E-state index contributed by atoms with van der Waals surface area (Å²) in [5, 5.41) is 11.2. The maximum Gasteiger partial charge on any atom is 0.190 e. The Morgan fingerprint density at radius 3 is 2.37 bits per heavy atom. The molecule has 0 aliphatic carbocycles. The lowest BCUT2D eigenvalue weighted by molar-refractivity contribution is 0.555. The van der Waals surface area contributed by atoms with Gasteiger partial charge in [-0.15, -0.1) is 24.0 Å². The Morgan fingerprint density at radius 2 is 1.78 bits per heavy atom. The first-order valence-electron chi connectivity index (χ1n) is 9.32. The largest absolute Gasteiger partial charge is 0.375 e. The number of aliphatic imine (C=N–C) groups is 1. The van der Waals surface area contributed by atoms with Crippen molar-refractivity contribution in [2.24, 2.45) is 4.99 Å². The van der Waals surface area contributed by atoms with Crippen molar-refractivity contribution in [1.29, 1.82) is 0 Å². The molecule has 2 rings (SSSR count). The Kier molecular flexibility index (Phi) is 10.8. The summed E-state index contributed by atoms with van der Waals surface area (Å²) < 4.78 is 2.06. The van der Waals surface area contributed by atoms with Gasteiger partial charge in [-0.3, -0.25) is 9.67 Å². The molecule has 0 spiro atoms. The van der Waals surface area contributed by atoms with E-state index in [4.69, 9.17) is 0 Å². The fourth-order valence-electron chi connectivity index (χ4n) is 2.89. The molecule has 0 atom stereocenters. The second-order valence-electron chi connectivity index (χ2n) is 6.54. The van der Waals surface area contributed by atoms with E-state index in [1.165, 1.54) is 11.4 Å². The lowest BCUT2D eigenvalue weighted by atomic mass is 10.3. The Hall–Kier alpha value is -1.77. The van der Waals surface area contributed by atoms with E-state index in [0.717, 1.165) is 50.7 Å². The molecule has 2 aromatic rings. The van der Waals surface area contributed by atoms with Gasteiger partial charge in [-0.25, -0.2) is 0 Å². The average molecular weight is 484 g/mol. The summed E-state index contributed by atoms with van der Waals surface area (Å²) in [6.45, 7) is 7.83. The minimum Gasteiger partial charge on any atom is -0.375 e. The number of halogens is 1. The van der Waals surface area contributed by atoms with Crippen molar-refractivity contribution in [2.75, 3.05) is 38.6 Å². The van der Waals surface area contributed by atoms with Gasteiger partial charge in [-0.1, -0.05) is 18.2 Å². The van der Waals surface area contributed by atoms with Crippen LogP contribution in [0.1, 0.15) is 24.2 Å². The van der Waals surface area contributed by atoms with Gasteiger partial charge in [0.25, 0.3) is 0 Å². The van der Waals surface area contributed by atoms with E-state index in [0.29, 0.717) is 0 Å². The third-order valence-corrected chi connectivity index (χ3v) is 4.33. The highest BCUT2D eigenvalue weighted by molar-refractivity contribution is 14.0. The normalized spacial score (nSPS) is 11.0. The number of aromatic nitrogens is 2. The van der Waals surface area contributed by atoms with Crippen LogP contribution in [0.15, 0.2) is 41.4 Å². The number of anilines is 1. The third-order valence-electron chi connectivity index (χ3n) is 4.33. The first-order valence-corrected chi connectivity index (χ1v) is 9.32. The molecule has 0 amide bonds. The highest BCUT2D eigenvalue weighted by atomic mass is 127. The molecule has 1 aromatic heterocycles. The number of aryl methyl sites for hydroxylation is 3. The molecule has 0 saturated heterocycles. The van der Waals surface area contributed by atoms with Gasteiger partial charge in [-0.05, 0) is 44.9 Å². The summed E-state index contributed by atoms with van der Waals surface area (Å²) >= 11 is 0. The van der Waals surface area contributed by atoms with Crippen LogP contribution in [-0.4, -0.2) is 49.5 Å². The molecule has 150 valence electrons. The van der Waals surface area contributed by atoms with Crippen LogP contribution in [0.3, 0.4) is 0 Å². The number of hydrogen-bond acceptors (Lipinski definition) is 3. The number of nitrogens with one attached hydrogen (secondary N) is 2. The van der Waals surface area contributed by atoms with Crippen molar-refractivity contribution in [3.63, 3.8) is 0 Å². The minimum absolute atomic E-state index is 0. The summed E-state index contributed by atoms with van der Waals surface area (Å²) in [5.74, 6) is 0.862. The van der Waals surface area contributed by atoms with Crippen molar-refractivity contribution < 1.29 is 0 Å². The van der Waals surface area contributed by atoms with Crippen molar-refractivity contribution in [3.05, 3.63) is 47.8 Å². The van der Waals surface area contributed by atoms with Gasteiger partial charge in [0.05, 0.1) is 5.69 Å². The molecule has 2 N–H and O–H groups in total. The molecular formula is C20H33IN6. The molecule has 1 aromatic carbocycles. The second-order valence-corrected chi connectivity index (χ2v) is 6.54. The Balaban J connectivity index is 0.00000364. The van der Waals surface area contributed by atoms with E-state index in [-0.39, 0.29) is 24.0 Å². The highest BCUT2D eigenvalue weighted by Crippen LogP contribution is 2.10. The summed E-state index contributed by atoms with van der Waals surface area (Å²) in [7, 11) is 3.94. The zero-order chi connectivity index (χ0) is 18.8. The van der Waals surface area contributed by atoms with E-state index in [1.54, 1.807) is 0 Å². The zero-order valence-electron chi connectivity index (χ0n) is 16.9. The number of rotatable bonds is 9. The van der Waals surface area contributed by atoms with Crippen LogP contribution in [-0.2, 0) is 6.54 Å². The lowest BCUT2D eigenvalue weighted by Gasteiger charge is -2.19. The number of benzene rings is 1. The summed E-state index contributed by atoms with van der Waals surface area (Å²) in [4.78, 5) is 6.56. The van der Waals surface area contributed by atoms with Crippen LogP contribution in [0.5, 0.6) is 0 Å². The first kappa shape index (κ1) is 23.3. The van der Waals surface area contributed by atoms with E-state index in [1.807, 2.05) is 20.0 Å². The summed E-state index contributed by atoms with van der Waals surface area (Å²) in [6.07, 6.45) is 2.07. The Morgan fingerprint density at radius 1 is 1.11 bits per heavy atom. The van der Waals surface area contributed by atoms with Gasteiger partial charge in [0.1, 0.15) is 0 Å². The molecule has 0 aliphatic rings. The minimum atomic E-state index is 0. The van der Waals surface area contributed by atoms with Gasteiger partial charge < -0.3 is 15.5 Å². The van der Waals surface area contributed by atoms with Gasteiger partial charge >= 0.3 is 0 Å². The summed E-state index contributed by atoms with van der Waals surface area (Å²) in [5.41, 5.74) is 3.54. The second kappa shape index (κ2) is 12.6. The van der Waals surface area contributed by atoms with Crippen LogP contribution in [0.4, 0.5) is 5.69 Å². The Bertz CT molecular complexity index is 683. The van der Waals surface area contributed by atoms with Crippen LogP contribution < -0.4 is 15.5 Å². The molecule has 0 fully saturated rings. The molecule has 7 heteroatoms. The van der Waals surface area contributed by atoms with Crippen LogP contribution in [0, 0.1) is 13.8 Å². The number of guanidine groups is 1.